The molecule has 0 amide bonds. The van der Waals surface area contributed by atoms with Crippen LogP contribution < -0.4 is 10.6 Å². The van der Waals surface area contributed by atoms with Gasteiger partial charge in [0.05, 0.1) is 19.6 Å². The molecule has 1 heterocycles. The summed E-state index contributed by atoms with van der Waals surface area (Å²) in [6.45, 7) is 8.10. The van der Waals surface area contributed by atoms with E-state index in [1.54, 1.807) is 7.05 Å². The van der Waals surface area contributed by atoms with E-state index in [0.717, 1.165) is 39.1 Å². The Bertz CT molecular complexity index is 373. The molecule has 0 aromatic carbocycles. The molecule has 1 aliphatic rings. The number of aliphatic imine (C=N–C) groups is 1. The van der Waals surface area contributed by atoms with Crippen LogP contribution >= 0.6 is 24.0 Å². The third-order valence-corrected chi connectivity index (χ3v) is 4.51. The lowest BCUT2D eigenvalue weighted by atomic mass is 9.92. The molecule has 1 rings (SSSR count). The summed E-state index contributed by atoms with van der Waals surface area (Å²) in [4.78, 5) is 6.43. The summed E-state index contributed by atoms with van der Waals surface area (Å²) in [6, 6.07) is 0.324. The minimum absolute atomic E-state index is 0. The second-order valence-corrected chi connectivity index (χ2v) is 6.04. The lowest BCUT2D eigenvalue weighted by Gasteiger charge is -2.39. The first-order valence-electron chi connectivity index (χ1n) is 8.74. The van der Waals surface area contributed by atoms with Crippen LogP contribution in [0.2, 0.25) is 0 Å². The zero-order valence-corrected chi connectivity index (χ0v) is 17.7. The molecule has 1 atom stereocenters. The molecule has 0 saturated carbocycles. The van der Waals surface area contributed by atoms with Gasteiger partial charge in [0, 0.05) is 39.3 Å². The average molecular weight is 480 g/mol. The minimum atomic E-state index is -4.16. The van der Waals surface area contributed by atoms with Crippen molar-refractivity contribution in [1.82, 2.24) is 15.5 Å². The zero-order valence-electron chi connectivity index (χ0n) is 15.4. The van der Waals surface area contributed by atoms with E-state index in [2.05, 4.69) is 34.4 Å². The maximum Gasteiger partial charge on any atom is 0.390 e. The molecule has 5 nitrogen and oxygen atoms in total. The van der Waals surface area contributed by atoms with Gasteiger partial charge in [-0.1, -0.05) is 26.7 Å². The van der Waals surface area contributed by atoms with Gasteiger partial charge in [-0.05, 0) is 5.92 Å². The molecule has 1 unspecified atom stereocenters. The van der Waals surface area contributed by atoms with Crippen molar-refractivity contribution in [3.05, 3.63) is 0 Å². The molecule has 0 radical (unpaired) electrons. The van der Waals surface area contributed by atoms with Crippen LogP contribution in [0.15, 0.2) is 4.99 Å². The van der Waals surface area contributed by atoms with Crippen molar-refractivity contribution < 1.29 is 17.9 Å². The highest BCUT2D eigenvalue weighted by Crippen LogP contribution is 2.20. The summed E-state index contributed by atoms with van der Waals surface area (Å²) in [7, 11) is 1.57. The number of ether oxygens (including phenoxy) is 1. The Balaban J connectivity index is 0.00000576. The molecule has 2 N–H and O–H groups in total. The summed E-state index contributed by atoms with van der Waals surface area (Å²) >= 11 is 0. The van der Waals surface area contributed by atoms with Gasteiger partial charge < -0.3 is 15.4 Å². The summed E-state index contributed by atoms with van der Waals surface area (Å²) < 4.78 is 42.2. The van der Waals surface area contributed by atoms with Gasteiger partial charge in [-0.3, -0.25) is 9.89 Å². The summed E-state index contributed by atoms with van der Waals surface area (Å²) in [6.07, 6.45) is -2.88. The second-order valence-electron chi connectivity index (χ2n) is 6.04. The van der Waals surface area contributed by atoms with Crippen molar-refractivity contribution in [1.29, 1.82) is 0 Å². The fourth-order valence-electron chi connectivity index (χ4n) is 3.08. The highest BCUT2D eigenvalue weighted by Gasteiger charge is 2.28. The van der Waals surface area contributed by atoms with Crippen LogP contribution in [0.25, 0.3) is 0 Å². The summed E-state index contributed by atoms with van der Waals surface area (Å²) in [5, 5.41) is 5.93. The Morgan fingerprint density at radius 2 is 1.76 bits per heavy atom. The lowest BCUT2D eigenvalue weighted by molar-refractivity contribution is -0.132. The summed E-state index contributed by atoms with van der Waals surface area (Å²) in [5.74, 6) is 0.951. The smallest absolute Gasteiger partial charge is 0.379 e. The van der Waals surface area contributed by atoms with Crippen molar-refractivity contribution >= 4 is 29.9 Å². The number of hydrogen-bond acceptors (Lipinski definition) is 3. The zero-order chi connectivity index (χ0) is 18.0. The van der Waals surface area contributed by atoms with Gasteiger partial charge in [-0.2, -0.15) is 13.2 Å². The van der Waals surface area contributed by atoms with E-state index in [0.29, 0.717) is 24.5 Å². The number of morpholine rings is 1. The molecule has 1 aliphatic heterocycles. The fraction of sp³-hybridized carbons (Fsp3) is 0.938. The minimum Gasteiger partial charge on any atom is -0.379 e. The van der Waals surface area contributed by atoms with Crippen molar-refractivity contribution in [3.8, 4) is 0 Å². The number of nitrogens with zero attached hydrogens (tertiary/aromatic N) is 2. The molecule has 0 aliphatic carbocycles. The maximum atomic E-state index is 12.2. The fourth-order valence-corrected chi connectivity index (χ4v) is 3.08. The number of hydrogen-bond donors (Lipinski definition) is 2. The van der Waals surface area contributed by atoms with Crippen molar-refractivity contribution in [2.24, 2.45) is 10.9 Å². The average Bonchev–Trinajstić information content (AvgIpc) is 2.56. The maximum absolute atomic E-state index is 12.2. The van der Waals surface area contributed by atoms with Crippen LogP contribution in [0, 0.1) is 5.92 Å². The highest BCUT2D eigenvalue weighted by molar-refractivity contribution is 14.0. The van der Waals surface area contributed by atoms with Gasteiger partial charge in [-0.25, -0.2) is 0 Å². The Morgan fingerprint density at radius 1 is 1.16 bits per heavy atom. The number of rotatable bonds is 8. The van der Waals surface area contributed by atoms with Crippen LogP contribution in [0.3, 0.4) is 0 Å². The van der Waals surface area contributed by atoms with Crippen LogP contribution in [0.5, 0.6) is 0 Å². The molecule has 1 fully saturated rings. The van der Waals surface area contributed by atoms with Gasteiger partial charge in [0.15, 0.2) is 5.96 Å². The van der Waals surface area contributed by atoms with Gasteiger partial charge in [0.25, 0.3) is 0 Å². The predicted molar refractivity (Wildman–Crippen MR) is 106 cm³/mol. The first-order chi connectivity index (χ1) is 11.4. The Labute approximate surface area is 166 Å². The Kier molecular flexibility index (Phi) is 12.8. The van der Waals surface area contributed by atoms with E-state index >= 15 is 0 Å². The monoisotopic (exact) mass is 480 g/mol. The molecule has 0 spiro atoms. The lowest BCUT2D eigenvalue weighted by Crippen LogP contribution is -2.53. The molecule has 0 aromatic heterocycles. The number of halogens is 4. The van der Waals surface area contributed by atoms with Crippen molar-refractivity contribution in [3.63, 3.8) is 0 Å². The van der Waals surface area contributed by atoms with E-state index < -0.39 is 12.6 Å². The molecule has 25 heavy (non-hydrogen) atoms. The SMILES string of the molecule is CCC(CC)C(CNC(=NC)NCCC(F)(F)F)N1CCOCC1.I. The van der Waals surface area contributed by atoms with Crippen molar-refractivity contribution in [2.75, 3.05) is 46.4 Å². The van der Waals surface area contributed by atoms with Gasteiger partial charge in [-0.15, -0.1) is 24.0 Å². The first-order valence-corrected chi connectivity index (χ1v) is 8.74. The third kappa shape index (κ3) is 9.83. The topological polar surface area (TPSA) is 48.9 Å². The standard InChI is InChI=1S/C16H31F3N4O.HI/c1-4-13(5-2)14(23-8-10-24-11-9-23)12-22-15(20-3)21-7-6-16(17,18)19;/h13-14H,4-12H2,1-3H3,(H2,20,21,22);1H. The number of nitrogens with one attached hydrogen (secondary N) is 2. The molecule has 0 aromatic rings. The van der Waals surface area contributed by atoms with E-state index in [9.17, 15) is 13.2 Å². The van der Waals surface area contributed by atoms with Gasteiger partial charge in [0.1, 0.15) is 0 Å². The van der Waals surface area contributed by atoms with Crippen LogP contribution in [0.4, 0.5) is 13.2 Å². The van der Waals surface area contributed by atoms with Crippen LogP contribution in [-0.2, 0) is 4.74 Å². The van der Waals surface area contributed by atoms with E-state index in [-0.39, 0.29) is 30.5 Å². The third-order valence-electron chi connectivity index (χ3n) is 4.51. The quantitative estimate of drug-likeness (QED) is 0.319. The molecular formula is C16H32F3IN4O. The van der Waals surface area contributed by atoms with E-state index in [4.69, 9.17) is 4.74 Å². The Hall–Kier alpha value is -0.290. The molecule has 9 heteroatoms. The molecule has 1 saturated heterocycles. The Morgan fingerprint density at radius 3 is 2.24 bits per heavy atom. The normalized spacial score (nSPS) is 18.0. The predicted octanol–water partition coefficient (Wildman–Crippen LogP) is 2.86. The largest absolute Gasteiger partial charge is 0.390 e. The van der Waals surface area contributed by atoms with Gasteiger partial charge >= 0.3 is 6.18 Å². The molecule has 0 bridgehead atoms. The first kappa shape index (κ1) is 24.7. The number of alkyl halides is 3. The van der Waals surface area contributed by atoms with Crippen molar-refractivity contribution in [2.45, 2.75) is 45.3 Å². The molecule has 150 valence electrons. The highest BCUT2D eigenvalue weighted by atomic mass is 127. The van der Waals surface area contributed by atoms with E-state index in [1.807, 2.05) is 0 Å². The summed E-state index contributed by atoms with van der Waals surface area (Å²) in [5.41, 5.74) is 0. The van der Waals surface area contributed by atoms with E-state index in [1.165, 1.54) is 0 Å². The molecular weight excluding hydrogens is 448 g/mol. The van der Waals surface area contributed by atoms with Crippen LogP contribution in [0.1, 0.15) is 33.1 Å². The second kappa shape index (κ2) is 13.0. The van der Waals surface area contributed by atoms with Crippen LogP contribution in [-0.4, -0.2) is 69.5 Å². The van der Waals surface area contributed by atoms with Gasteiger partial charge in [0.2, 0.25) is 0 Å². The number of guanidine groups is 1.